The van der Waals surface area contributed by atoms with Crippen molar-refractivity contribution in [3.63, 3.8) is 0 Å². The molecule has 7 fully saturated rings. The van der Waals surface area contributed by atoms with E-state index in [1.54, 1.807) is 0 Å². The molecular weight excluding hydrogens is 1170 g/mol. The molecule has 37 heteroatoms. The van der Waals surface area contributed by atoms with Crippen LogP contribution in [0.5, 0.6) is 0 Å². The average molecular weight is 1260 g/mol. The Morgan fingerprint density at radius 3 is 1.18 bits per heavy atom. The molecule has 0 bridgehead atoms. The van der Waals surface area contributed by atoms with Gasteiger partial charge in [0.1, 0.15) is 159 Å². The van der Waals surface area contributed by atoms with Crippen molar-refractivity contribution >= 4 is 12.6 Å². The number of aliphatic hydroxyl groups is 21. The lowest BCUT2D eigenvalue weighted by Gasteiger charge is -2.51. The summed E-state index contributed by atoms with van der Waals surface area (Å²) in [5.74, 6) is -1.05. The summed E-state index contributed by atoms with van der Waals surface area (Å²) in [5.41, 5.74) is 0. The molecule has 0 spiro atoms. The van der Waals surface area contributed by atoms with E-state index >= 15 is 0 Å². The van der Waals surface area contributed by atoms with Crippen molar-refractivity contribution in [3.05, 3.63) is 0 Å². The molecule has 0 saturated carbocycles. The summed E-state index contributed by atoms with van der Waals surface area (Å²) in [7, 11) is 0. The van der Waals surface area contributed by atoms with Crippen molar-refractivity contribution < 1.29 is 178 Å². The average Bonchev–Trinajstić information content (AvgIpc) is 3.58. The Balaban J connectivity index is 1.21. The Morgan fingerprint density at radius 1 is 0.298 bits per heavy atom. The van der Waals surface area contributed by atoms with Crippen LogP contribution in [0.15, 0.2) is 0 Å². The first-order valence-corrected chi connectivity index (χ1v) is 27.8. The molecule has 7 aliphatic heterocycles. The maximum atomic E-state index is 12.2. The quantitative estimate of drug-likeness (QED) is 0.0229. The number of rotatable bonds is 25. The van der Waals surface area contributed by atoms with E-state index < -0.39 is 268 Å². The highest BCUT2D eigenvalue weighted by Gasteiger charge is 2.58. The first kappa shape index (κ1) is 70.4. The Morgan fingerprint density at radius 2 is 0.679 bits per heavy atom. The summed E-state index contributed by atoms with van der Waals surface area (Å²) >= 11 is 4.19. The number of hydrogen-bond donors (Lipinski definition) is 22. The molecule has 7 aliphatic rings. The normalized spacial score (nSPS) is 50.5. The van der Waals surface area contributed by atoms with Crippen LogP contribution >= 0.6 is 12.6 Å². The molecule has 0 amide bonds. The van der Waals surface area contributed by atoms with Gasteiger partial charge in [-0.2, -0.15) is 12.6 Å². The number of ether oxygens (including phenoxy) is 15. The third-order valence-electron chi connectivity index (χ3n) is 15.6. The topological polar surface area (TPSA) is 563 Å². The molecule has 7 rings (SSSR count). The van der Waals surface area contributed by atoms with E-state index in [4.69, 9.17) is 71.1 Å². The van der Waals surface area contributed by atoms with E-state index in [1.807, 2.05) is 0 Å². The van der Waals surface area contributed by atoms with Gasteiger partial charge in [0.05, 0.1) is 59.0 Å². The summed E-state index contributed by atoms with van der Waals surface area (Å²) in [6, 6.07) is 0. The monoisotopic (exact) mass is 1250 g/mol. The Bertz CT molecular complexity index is 1920. The minimum atomic E-state index is -2.15. The lowest BCUT2D eigenvalue weighted by atomic mass is 9.91. The predicted octanol–water partition coefficient (Wildman–Crippen LogP) is -13.7. The number of hydrogen-bond acceptors (Lipinski definition) is 37. The fourth-order valence-corrected chi connectivity index (χ4v) is 10.6. The molecule has 21 N–H and O–H groups in total. The highest BCUT2D eigenvalue weighted by atomic mass is 32.1. The molecule has 7 heterocycles. The molecule has 0 aromatic heterocycles. The van der Waals surface area contributed by atoms with Gasteiger partial charge in [-0.05, 0) is 12.2 Å². The van der Waals surface area contributed by atoms with Crippen molar-refractivity contribution in [1.82, 2.24) is 0 Å². The van der Waals surface area contributed by atoms with E-state index in [1.165, 1.54) is 6.92 Å². The second-order valence-corrected chi connectivity index (χ2v) is 21.7. The van der Waals surface area contributed by atoms with Crippen LogP contribution in [-0.2, 0) is 71.1 Å². The maximum Gasteiger partial charge on any atom is 0.189 e. The van der Waals surface area contributed by atoms with E-state index in [2.05, 4.69) is 12.6 Å². The molecule has 0 radical (unpaired) electrons. The molecule has 84 heavy (non-hydrogen) atoms. The molecule has 492 valence electrons. The lowest BCUT2D eigenvalue weighted by molar-refractivity contribution is -0.405. The Labute approximate surface area is 483 Å². The smallest absolute Gasteiger partial charge is 0.189 e. The molecule has 7 saturated heterocycles. The van der Waals surface area contributed by atoms with Crippen LogP contribution < -0.4 is 0 Å². The first-order chi connectivity index (χ1) is 40.0. The minimum absolute atomic E-state index is 0.173. The Kier molecular flexibility index (Phi) is 26.6. The zero-order valence-electron chi connectivity index (χ0n) is 44.9. The van der Waals surface area contributed by atoms with E-state index in [9.17, 15) is 107 Å². The Hall–Kier alpha value is -1.09. The maximum absolute atomic E-state index is 12.2. The molecule has 14 unspecified atom stereocenters. The van der Waals surface area contributed by atoms with E-state index in [0.29, 0.717) is 0 Å². The number of aliphatic hydroxyl groups excluding tert-OH is 21. The van der Waals surface area contributed by atoms with Gasteiger partial charge in [0, 0.05) is 5.92 Å². The van der Waals surface area contributed by atoms with Crippen LogP contribution in [0.2, 0.25) is 0 Å². The van der Waals surface area contributed by atoms with E-state index in [0.717, 1.165) is 0 Å². The summed E-state index contributed by atoms with van der Waals surface area (Å²) in [6.07, 6.45) is -62.9. The van der Waals surface area contributed by atoms with Crippen molar-refractivity contribution in [2.45, 2.75) is 222 Å². The fourth-order valence-electron chi connectivity index (χ4n) is 10.5. The molecular formula is C47H82O36S. The van der Waals surface area contributed by atoms with Crippen LogP contribution in [0.3, 0.4) is 0 Å². The molecule has 0 aromatic carbocycles. The summed E-state index contributed by atoms with van der Waals surface area (Å²) in [5, 5.41) is 225. The number of thiol groups is 1. The minimum Gasteiger partial charge on any atom is -0.394 e. The van der Waals surface area contributed by atoms with Gasteiger partial charge in [-0.1, -0.05) is 6.92 Å². The third kappa shape index (κ3) is 15.4. The summed E-state index contributed by atoms with van der Waals surface area (Å²) < 4.78 is 88.2. The van der Waals surface area contributed by atoms with Crippen LogP contribution in [0.1, 0.15) is 13.3 Å². The van der Waals surface area contributed by atoms with Crippen molar-refractivity contribution in [2.24, 2.45) is 5.92 Å². The second-order valence-electron chi connectivity index (χ2n) is 21.2. The molecule has 0 aliphatic carbocycles. The van der Waals surface area contributed by atoms with Crippen LogP contribution in [-0.4, -0.2) is 381 Å². The van der Waals surface area contributed by atoms with Crippen LogP contribution in [0.25, 0.3) is 0 Å². The van der Waals surface area contributed by atoms with Crippen LogP contribution in [0, 0.1) is 5.92 Å². The largest absolute Gasteiger partial charge is 0.394 e. The predicted molar refractivity (Wildman–Crippen MR) is 263 cm³/mol. The van der Waals surface area contributed by atoms with E-state index in [-0.39, 0.29) is 18.8 Å². The molecule has 0 aromatic rings. The fraction of sp³-hybridized carbons (Fsp3) is 1.00. The van der Waals surface area contributed by atoms with Crippen molar-refractivity contribution in [3.8, 4) is 0 Å². The zero-order valence-corrected chi connectivity index (χ0v) is 45.8. The lowest BCUT2D eigenvalue weighted by Crippen LogP contribution is -2.68. The SMILES string of the molecule is CC1[C@H](OC2[C@H](O[C@@H]3C(CO[C@@H]4OC(CO)[C@@H](O)C(O)[C@@H]4OCO[C@@H]4OC(CO)[C@@H](O)[C@H](O)C4O)O[C@H](OCCCS)C(O)[C@H]3O[C@@H]3OC(CO)[C@@H](O)[C@H](O)C3O)OC(CO)[C@@H](O)[C@@H]2O)OC(CO)[C@@H](O[C@@H]2OC(CO)[C@H](O)[C@H](O)C2O)[C@@H]1O. The van der Waals surface area contributed by atoms with Gasteiger partial charge < -0.3 is 178 Å². The van der Waals surface area contributed by atoms with Gasteiger partial charge in [0.25, 0.3) is 0 Å². The summed E-state index contributed by atoms with van der Waals surface area (Å²) in [6.45, 7) is -6.26. The second kappa shape index (κ2) is 31.8. The highest BCUT2D eigenvalue weighted by Crippen LogP contribution is 2.39. The van der Waals surface area contributed by atoms with Crippen LogP contribution in [0.4, 0.5) is 0 Å². The zero-order chi connectivity index (χ0) is 61.6. The van der Waals surface area contributed by atoms with Gasteiger partial charge in [0.2, 0.25) is 0 Å². The highest BCUT2D eigenvalue weighted by molar-refractivity contribution is 7.80. The third-order valence-corrected chi connectivity index (χ3v) is 16.0. The molecule has 36 nitrogen and oxygen atoms in total. The van der Waals surface area contributed by atoms with Crippen molar-refractivity contribution in [2.75, 3.05) is 65.4 Å². The van der Waals surface area contributed by atoms with Gasteiger partial charge in [0.15, 0.2) is 50.8 Å². The van der Waals surface area contributed by atoms with Gasteiger partial charge in [-0.3, -0.25) is 0 Å². The molecule has 35 atom stereocenters. The van der Waals surface area contributed by atoms with Gasteiger partial charge >= 0.3 is 0 Å². The van der Waals surface area contributed by atoms with Gasteiger partial charge in [-0.15, -0.1) is 0 Å². The van der Waals surface area contributed by atoms with Gasteiger partial charge in [-0.25, -0.2) is 0 Å². The summed E-state index contributed by atoms with van der Waals surface area (Å²) in [4.78, 5) is 0. The van der Waals surface area contributed by atoms with Crippen molar-refractivity contribution in [1.29, 1.82) is 0 Å². The first-order valence-electron chi connectivity index (χ1n) is 27.1. The standard InChI is InChI=1S/C47H82O36S/c1-13-21(54)36(80-44-33(66)28(61)23(56)15(6-49)74-44)19(10-53)78-41(13)83-40-31(64)26(59)18(9-52)77-47(40)81-37-20(79-43(69-3-2-4-84)35(68)38(37)82-45-34(67)29(62)24(57)16(7-50)75-45)11-70-46-39(30(63)25(58)17(8-51)76-46)71-12-72-42-32(65)27(60)22(55)14(5-48)73-42/h13-68,84H,2-12H2,1H3/t13?,14?,15?,16?,17?,18?,19?,20?,21-,22-,23+,24-,25-,26-,27+,28+,29+,30?,31+,32?,33?,34?,35?,36-,37-,38-,39+,40?,41+,42-,43+,44+,45+,46-,47+/m1/s1.